The zero-order valence-corrected chi connectivity index (χ0v) is 16.0. The van der Waals surface area contributed by atoms with Gasteiger partial charge in [0.05, 0.1) is 13.7 Å². The molecule has 0 aliphatic heterocycles. The average Bonchev–Trinajstić information content (AvgIpc) is 2.99. The summed E-state index contributed by atoms with van der Waals surface area (Å²) >= 11 is 4.92. The first-order valence-electron chi connectivity index (χ1n) is 7.53. The van der Waals surface area contributed by atoms with Crippen molar-refractivity contribution < 1.29 is 9.47 Å². The van der Waals surface area contributed by atoms with Crippen LogP contribution in [0.15, 0.2) is 58.2 Å². The second-order valence-electron chi connectivity index (χ2n) is 5.06. The number of hydrogen-bond acceptors (Lipinski definition) is 6. The summed E-state index contributed by atoms with van der Waals surface area (Å²) in [6.07, 6.45) is 0. The maximum absolute atomic E-state index is 6.11. The molecule has 0 radical (unpaired) electrons. The highest BCUT2D eigenvalue weighted by Crippen LogP contribution is 2.24. The van der Waals surface area contributed by atoms with Gasteiger partial charge in [-0.25, -0.2) is 4.68 Å². The third-order valence-corrected chi connectivity index (χ3v) is 4.79. The number of nitrogens with zero attached hydrogens (tertiary/aromatic N) is 3. The van der Waals surface area contributed by atoms with Gasteiger partial charge in [-0.05, 0) is 42.5 Å². The minimum absolute atomic E-state index is 0.547. The van der Waals surface area contributed by atoms with Crippen molar-refractivity contribution in [2.45, 2.75) is 5.16 Å². The Kier molecular flexibility index (Phi) is 5.83. The van der Waals surface area contributed by atoms with E-state index in [2.05, 4.69) is 26.1 Å². The highest BCUT2D eigenvalue weighted by Gasteiger charge is 2.12. The van der Waals surface area contributed by atoms with Crippen LogP contribution in [0.2, 0.25) is 0 Å². The van der Waals surface area contributed by atoms with Crippen LogP contribution >= 0.6 is 27.7 Å². The predicted molar refractivity (Wildman–Crippen MR) is 103 cm³/mol. The van der Waals surface area contributed by atoms with Gasteiger partial charge in [-0.15, -0.1) is 10.2 Å². The number of benzene rings is 2. The molecule has 0 atom stereocenters. The number of aromatic nitrogens is 3. The van der Waals surface area contributed by atoms with Crippen LogP contribution in [0, 0.1) is 0 Å². The summed E-state index contributed by atoms with van der Waals surface area (Å²) in [7, 11) is 1.63. The molecule has 0 bridgehead atoms. The van der Waals surface area contributed by atoms with Crippen molar-refractivity contribution in [1.29, 1.82) is 0 Å². The predicted octanol–water partition coefficient (Wildman–Crippen LogP) is 3.60. The van der Waals surface area contributed by atoms with Crippen LogP contribution in [0.3, 0.4) is 0 Å². The van der Waals surface area contributed by atoms with Crippen molar-refractivity contribution >= 4 is 27.7 Å². The second-order valence-corrected chi connectivity index (χ2v) is 7.04. The van der Waals surface area contributed by atoms with Crippen LogP contribution < -0.4 is 15.3 Å². The van der Waals surface area contributed by atoms with Crippen LogP contribution in [-0.2, 0) is 0 Å². The van der Waals surface area contributed by atoms with Gasteiger partial charge in [0.25, 0.3) is 0 Å². The van der Waals surface area contributed by atoms with Gasteiger partial charge in [0, 0.05) is 15.8 Å². The second kappa shape index (κ2) is 8.26. The lowest BCUT2D eigenvalue weighted by molar-refractivity contribution is 0.343. The van der Waals surface area contributed by atoms with E-state index < -0.39 is 0 Å². The van der Waals surface area contributed by atoms with Crippen molar-refractivity contribution in [1.82, 2.24) is 14.9 Å². The van der Waals surface area contributed by atoms with Crippen molar-refractivity contribution in [2.24, 2.45) is 0 Å². The van der Waals surface area contributed by atoms with E-state index in [9.17, 15) is 0 Å². The molecule has 2 aromatic carbocycles. The molecule has 0 saturated carbocycles. The zero-order chi connectivity index (χ0) is 17.6. The molecule has 3 rings (SSSR count). The Bertz CT molecular complexity index is 839. The fourth-order valence-corrected chi connectivity index (χ4v) is 3.21. The number of rotatable bonds is 7. The molecule has 0 saturated heterocycles. The lowest BCUT2D eigenvalue weighted by atomic mass is 10.2. The number of nitrogens with two attached hydrogens (primary N) is 1. The van der Waals surface area contributed by atoms with E-state index in [4.69, 9.17) is 15.3 Å². The average molecular weight is 421 g/mol. The van der Waals surface area contributed by atoms with Crippen molar-refractivity contribution in [3.05, 3.63) is 53.0 Å². The zero-order valence-electron chi connectivity index (χ0n) is 13.6. The number of halogens is 1. The quantitative estimate of drug-likeness (QED) is 0.357. The molecule has 0 amide bonds. The number of nitrogen functional groups attached to an aromatic ring is 1. The fraction of sp³-hybridized carbons (Fsp3) is 0.176. The molecule has 1 heterocycles. The molecule has 130 valence electrons. The number of methoxy groups -OCH3 is 1. The van der Waals surface area contributed by atoms with Crippen molar-refractivity contribution in [3.63, 3.8) is 0 Å². The summed E-state index contributed by atoms with van der Waals surface area (Å²) in [5.41, 5.74) is 0.882. The lowest BCUT2D eigenvalue weighted by Gasteiger charge is -2.07. The summed E-state index contributed by atoms with van der Waals surface area (Å²) < 4.78 is 13.3. The topological polar surface area (TPSA) is 75.2 Å². The van der Waals surface area contributed by atoms with Gasteiger partial charge in [-0.2, -0.15) is 0 Å². The molecule has 0 spiro atoms. The Morgan fingerprint density at radius 3 is 2.64 bits per heavy atom. The summed E-state index contributed by atoms with van der Waals surface area (Å²) in [4.78, 5) is 0. The van der Waals surface area contributed by atoms with Crippen LogP contribution in [0.1, 0.15) is 0 Å². The molecule has 3 aromatic rings. The van der Waals surface area contributed by atoms with Crippen LogP contribution in [-0.4, -0.2) is 34.3 Å². The molecule has 0 fully saturated rings. The van der Waals surface area contributed by atoms with Crippen LogP contribution in [0.25, 0.3) is 11.4 Å². The van der Waals surface area contributed by atoms with Gasteiger partial charge in [0.2, 0.25) is 5.16 Å². The van der Waals surface area contributed by atoms with Gasteiger partial charge >= 0.3 is 0 Å². The lowest BCUT2D eigenvalue weighted by Crippen LogP contribution is -2.12. The molecule has 8 heteroatoms. The van der Waals surface area contributed by atoms with Gasteiger partial charge in [0.1, 0.15) is 11.5 Å². The van der Waals surface area contributed by atoms with E-state index in [-0.39, 0.29) is 0 Å². The molecule has 0 aliphatic rings. The van der Waals surface area contributed by atoms with E-state index in [1.54, 1.807) is 7.11 Å². The standard InChI is InChI=1S/C17H17BrN4O2S/c1-23-14-7-5-12(6-8-14)16-20-21-17(22(16)19)25-10-9-24-15-4-2-3-13(18)11-15/h2-8,11H,9-10,19H2,1H3. The van der Waals surface area contributed by atoms with E-state index >= 15 is 0 Å². The maximum Gasteiger partial charge on any atom is 0.210 e. The SMILES string of the molecule is COc1ccc(-c2nnc(SCCOc3cccc(Br)c3)n2N)cc1. The molecule has 0 aliphatic carbocycles. The van der Waals surface area contributed by atoms with Gasteiger partial charge in [-0.3, -0.25) is 0 Å². The first kappa shape index (κ1) is 17.6. The van der Waals surface area contributed by atoms with E-state index in [1.807, 2.05) is 48.5 Å². The highest BCUT2D eigenvalue weighted by molar-refractivity contribution is 9.10. The van der Waals surface area contributed by atoms with Crippen molar-refractivity contribution in [2.75, 3.05) is 25.3 Å². The van der Waals surface area contributed by atoms with Crippen LogP contribution in [0.5, 0.6) is 11.5 Å². The minimum Gasteiger partial charge on any atom is -0.497 e. The monoisotopic (exact) mass is 420 g/mol. The van der Waals surface area contributed by atoms with E-state index in [0.717, 1.165) is 21.5 Å². The highest BCUT2D eigenvalue weighted by atomic mass is 79.9. The minimum atomic E-state index is 0.547. The molecule has 1 aromatic heterocycles. The largest absolute Gasteiger partial charge is 0.497 e. The summed E-state index contributed by atoms with van der Waals surface area (Å²) in [6, 6.07) is 15.3. The van der Waals surface area contributed by atoms with Crippen LogP contribution in [0.4, 0.5) is 0 Å². The molecular formula is C17H17BrN4O2S. The first-order valence-corrected chi connectivity index (χ1v) is 9.31. The third kappa shape index (κ3) is 4.46. The fourth-order valence-electron chi connectivity index (χ4n) is 2.16. The van der Waals surface area contributed by atoms with Crippen molar-refractivity contribution in [3.8, 4) is 22.9 Å². The number of thioether (sulfide) groups is 1. The maximum atomic E-state index is 6.11. The van der Waals surface area contributed by atoms with Gasteiger partial charge < -0.3 is 15.3 Å². The summed E-state index contributed by atoms with van der Waals surface area (Å²) in [5, 5.41) is 8.96. The smallest absolute Gasteiger partial charge is 0.210 e. The Labute approximate surface area is 158 Å². The Balaban J connectivity index is 1.57. The summed E-state index contributed by atoms with van der Waals surface area (Å²) in [5.74, 6) is 9.04. The normalized spacial score (nSPS) is 10.6. The van der Waals surface area contributed by atoms with Gasteiger partial charge in [0.15, 0.2) is 5.82 Å². The first-order chi connectivity index (χ1) is 12.2. The molecule has 0 unspecified atom stereocenters. The Morgan fingerprint density at radius 2 is 1.92 bits per heavy atom. The number of hydrogen-bond donors (Lipinski definition) is 1. The summed E-state index contributed by atoms with van der Waals surface area (Å²) in [6.45, 7) is 0.547. The third-order valence-electron chi connectivity index (χ3n) is 3.39. The van der Waals surface area contributed by atoms with Gasteiger partial charge in [-0.1, -0.05) is 33.8 Å². The number of ether oxygens (including phenoxy) is 2. The molecule has 2 N–H and O–H groups in total. The molecular weight excluding hydrogens is 404 g/mol. The van der Waals surface area contributed by atoms with E-state index in [0.29, 0.717) is 23.3 Å². The molecule has 25 heavy (non-hydrogen) atoms. The molecule has 6 nitrogen and oxygen atoms in total. The Hall–Kier alpha value is -2.19. The van der Waals surface area contributed by atoms with E-state index in [1.165, 1.54) is 16.4 Å². The Morgan fingerprint density at radius 1 is 1.12 bits per heavy atom.